The second-order valence-corrected chi connectivity index (χ2v) is 8.36. The Balaban J connectivity index is 1.26. The van der Waals surface area contributed by atoms with E-state index in [0.717, 1.165) is 50.4 Å². The van der Waals surface area contributed by atoms with Crippen LogP contribution in [0.15, 0.2) is 48.8 Å². The van der Waals surface area contributed by atoms with Crippen molar-refractivity contribution in [3.63, 3.8) is 0 Å². The summed E-state index contributed by atoms with van der Waals surface area (Å²) in [7, 11) is 3.45. The molecule has 1 aromatic carbocycles. The smallest absolute Gasteiger partial charge is 0.255 e. The van der Waals surface area contributed by atoms with Crippen molar-refractivity contribution in [2.45, 2.75) is 13.3 Å². The van der Waals surface area contributed by atoms with E-state index in [2.05, 4.69) is 37.3 Å². The van der Waals surface area contributed by atoms with Gasteiger partial charge in [-0.25, -0.2) is 0 Å². The van der Waals surface area contributed by atoms with Crippen LogP contribution in [0.2, 0.25) is 0 Å². The molecule has 3 heterocycles. The van der Waals surface area contributed by atoms with Crippen LogP contribution in [0, 0.1) is 6.92 Å². The lowest BCUT2D eigenvalue weighted by atomic mass is 10.1. The van der Waals surface area contributed by atoms with Crippen molar-refractivity contribution in [3.8, 4) is 17.0 Å². The number of hydrogen-bond donors (Lipinski definition) is 1. The number of rotatable bonds is 8. The van der Waals surface area contributed by atoms with Crippen molar-refractivity contribution >= 4 is 11.6 Å². The van der Waals surface area contributed by atoms with Crippen molar-refractivity contribution in [2.75, 3.05) is 51.3 Å². The monoisotopic (exact) mass is 448 g/mol. The first-order valence-corrected chi connectivity index (χ1v) is 11.4. The zero-order chi connectivity index (χ0) is 23.2. The average molecular weight is 449 g/mol. The van der Waals surface area contributed by atoms with Gasteiger partial charge < -0.3 is 15.0 Å². The predicted octanol–water partition coefficient (Wildman–Crippen LogP) is 2.74. The first-order valence-electron chi connectivity index (χ1n) is 11.4. The van der Waals surface area contributed by atoms with Crippen molar-refractivity contribution < 1.29 is 9.53 Å². The SMILES string of the molecule is COc1ccccc1-c1nn(C)cc1C(=O)NCCCN1CCN(c2ccnc(C)c2)CC1. The van der Waals surface area contributed by atoms with E-state index < -0.39 is 0 Å². The normalized spacial score (nSPS) is 14.3. The van der Waals surface area contributed by atoms with Gasteiger partial charge in [0.15, 0.2) is 0 Å². The Kier molecular flexibility index (Phi) is 7.24. The molecule has 0 saturated carbocycles. The molecule has 1 aliphatic heterocycles. The molecule has 4 rings (SSSR count). The first-order chi connectivity index (χ1) is 16.0. The fourth-order valence-corrected chi connectivity index (χ4v) is 4.25. The molecule has 0 aliphatic carbocycles. The number of anilines is 1. The number of ether oxygens (including phenoxy) is 1. The third kappa shape index (κ3) is 5.51. The summed E-state index contributed by atoms with van der Waals surface area (Å²) >= 11 is 0. The summed E-state index contributed by atoms with van der Waals surface area (Å²) in [5.74, 6) is 0.591. The lowest BCUT2D eigenvalue weighted by molar-refractivity contribution is 0.0952. The van der Waals surface area contributed by atoms with Crippen molar-refractivity contribution in [3.05, 3.63) is 60.0 Å². The molecule has 8 nitrogen and oxygen atoms in total. The molecule has 8 heteroatoms. The van der Waals surface area contributed by atoms with Crippen LogP contribution in [0.4, 0.5) is 5.69 Å². The molecule has 2 aromatic heterocycles. The van der Waals surface area contributed by atoms with Gasteiger partial charge in [0.2, 0.25) is 0 Å². The minimum atomic E-state index is -0.109. The van der Waals surface area contributed by atoms with E-state index in [-0.39, 0.29) is 5.91 Å². The molecule has 1 N–H and O–H groups in total. The summed E-state index contributed by atoms with van der Waals surface area (Å²) < 4.78 is 7.13. The predicted molar refractivity (Wildman–Crippen MR) is 130 cm³/mol. The van der Waals surface area contributed by atoms with Crippen LogP contribution in [0.3, 0.4) is 0 Å². The Morgan fingerprint density at radius 1 is 1.15 bits per heavy atom. The number of aryl methyl sites for hydroxylation is 2. The number of aromatic nitrogens is 3. The lowest BCUT2D eigenvalue weighted by Crippen LogP contribution is -2.47. The van der Waals surface area contributed by atoms with Crippen molar-refractivity contribution in [1.82, 2.24) is 25.0 Å². The molecule has 0 spiro atoms. The van der Waals surface area contributed by atoms with E-state index >= 15 is 0 Å². The fourth-order valence-electron chi connectivity index (χ4n) is 4.25. The van der Waals surface area contributed by atoms with Gasteiger partial charge in [0, 0.05) is 69.1 Å². The first kappa shape index (κ1) is 22.8. The summed E-state index contributed by atoms with van der Waals surface area (Å²) in [6.07, 6.45) is 4.54. The Hall–Kier alpha value is -3.39. The maximum Gasteiger partial charge on any atom is 0.255 e. The van der Waals surface area contributed by atoms with Gasteiger partial charge >= 0.3 is 0 Å². The van der Waals surface area contributed by atoms with Crippen LogP contribution in [-0.4, -0.2) is 71.9 Å². The Morgan fingerprint density at radius 3 is 2.70 bits per heavy atom. The third-order valence-corrected chi connectivity index (χ3v) is 5.99. The number of benzene rings is 1. The molecule has 0 bridgehead atoms. The van der Waals surface area contributed by atoms with Gasteiger partial charge in [-0.15, -0.1) is 0 Å². The van der Waals surface area contributed by atoms with Crippen LogP contribution in [0.25, 0.3) is 11.3 Å². The molecule has 33 heavy (non-hydrogen) atoms. The summed E-state index contributed by atoms with van der Waals surface area (Å²) in [5, 5.41) is 7.57. The van der Waals surface area contributed by atoms with E-state index in [0.29, 0.717) is 23.6 Å². The second-order valence-electron chi connectivity index (χ2n) is 8.36. The number of nitrogens with zero attached hydrogens (tertiary/aromatic N) is 5. The topological polar surface area (TPSA) is 75.5 Å². The van der Waals surface area contributed by atoms with Gasteiger partial charge in [0.25, 0.3) is 5.91 Å². The van der Waals surface area contributed by atoms with Gasteiger partial charge in [-0.05, 0) is 44.2 Å². The number of carbonyl (C=O) groups excluding carboxylic acids is 1. The second kappa shape index (κ2) is 10.5. The molecule has 1 saturated heterocycles. The molecular formula is C25H32N6O2. The number of nitrogens with one attached hydrogen (secondary N) is 1. The number of pyridine rings is 1. The van der Waals surface area contributed by atoms with Gasteiger partial charge in [0.1, 0.15) is 11.4 Å². The number of amides is 1. The maximum absolute atomic E-state index is 12.9. The summed E-state index contributed by atoms with van der Waals surface area (Å²) in [6, 6.07) is 11.8. The van der Waals surface area contributed by atoms with Crippen molar-refractivity contribution in [1.29, 1.82) is 0 Å². The molecule has 174 valence electrons. The quantitative estimate of drug-likeness (QED) is 0.534. The molecule has 0 atom stereocenters. The van der Waals surface area contributed by atoms with Crippen LogP contribution < -0.4 is 15.0 Å². The van der Waals surface area contributed by atoms with E-state index in [9.17, 15) is 4.79 Å². The number of hydrogen-bond acceptors (Lipinski definition) is 6. The molecule has 1 fully saturated rings. The molecule has 1 aliphatic rings. The highest BCUT2D eigenvalue weighted by Gasteiger charge is 2.20. The van der Waals surface area contributed by atoms with Crippen LogP contribution in [0.5, 0.6) is 5.75 Å². The number of para-hydroxylation sites is 1. The Morgan fingerprint density at radius 2 is 1.94 bits per heavy atom. The molecule has 0 unspecified atom stereocenters. The standard InChI is InChI=1S/C25H32N6O2/c1-19-17-20(9-11-26-19)31-15-13-30(14-16-31)12-6-10-27-25(32)22-18-29(2)28-24(22)21-7-4-5-8-23(21)33-3/h4-5,7-9,11,17-18H,6,10,12-16H2,1-3H3,(H,27,32). The Labute approximate surface area is 195 Å². The number of methoxy groups -OCH3 is 1. The highest BCUT2D eigenvalue weighted by Crippen LogP contribution is 2.30. The third-order valence-electron chi connectivity index (χ3n) is 5.99. The average Bonchev–Trinajstić information content (AvgIpc) is 3.23. The number of piperazine rings is 1. The largest absolute Gasteiger partial charge is 0.496 e. The van der Waals surface area contributed by atoms with Gasteiger partial charge in [-0.3, -0.25) is 19.4 Å². The van der Waals surface area contributed by atoms with Gasteiger partial charge in [-0.2, -0.15) is 5.10 Å². The lowest BCUT2D eigenvalue weighted by Gasteiger charge is -2.36. The van der Waals surface area contributed by atoms with Crippen molar-refractivity contribution in [2.24, 2.45) is 7.05 Å². The van der Waals surface area contributed by atoms with E-state index in [1.807, 2.05) is 44.4 Å². The maximum atomic E-state index is 12.9. The van der Waals surface area contributed by atoms with E-state index in [1.165, 1.54) is 5.69 Å². The molecular weight excluding hydrogens is 416 g/mol. The van der Waals surface area contributed by atoms with E-state index in [4.69, 9.17) is 4.74 Å². The zero-order valence-electron chi connectivity index (χ0n) is 19.6. The summed E-state index contributed by atoms with van der Waals surface area (Å²) in [5.41, 5.74) is 4.30. The molecule has 1 amide bonds. The zero-order valence-corrected chi connectivity index (χ0v) is 19.6. The van der Waals surface area contributed by atoms with Crippen LogP contribution in [-0.2, 0) is 7.05 Å². The summed E-state index contributed by atoms with van der Waals surface area (Å²) in [4.78, 5) is 22.1. The van der Waals surface area contributed by atoms with E-state index in [1.54, 1.807) is 18.0 Å². The molecule has 0 radical (unpaired) electrons. The highest BCUT2D eigenvalue weighted by molar-refractivity contribution is 6.00. The van der Waals surface area contributed by atoms with Gasteiger partial charge in [0.05, 0.1) is 12.7 Å². The fraction of sp³-hybridized carbons (Fsp3) is 0.400. The molecule has 3 aromatic rings. The minimum Gasteiger partial charge on any atom is -0.496 e. The van der Waals surface area contributed by atoms with Crippen LogP contribution >= 0.6 is 0 Å². The Bertz CT molecular complexity index is 1090. The van der Waals surface area contributed by atoms with Crippen LogP contribution in [0.1, 0.15) is 22.5 Å². The minimum absolute atomic E-state index is 0.109. The van der Waals surface area contributed by atoms with Gasteiger partial charge in [-0.1, -0.05) is 12.1 Å². The number of carbonyl (C=O) groups is 1. The highest BCUT2D eigenvalue weighted by atomic mass is 16.5. The summed E-state index contributed by atoms with van der Waals surface area (Å²) in [6.45, 7) is 7.69.